The van der Waals surface area contributed by atoms with Crippen LogP contribution in [0.5, 0.6) is 0 Å². The number of carbonyl (C=O) groups excluding carboxylic acids is 1. The standard InChI is InChI=1S/C24H45NO6/c1-16(20(27)28)24(8,9)15-19(26)25-11-10-12-31-18(23(5,6)7)13-17(21(29)30)14-22(2,3)4/h16-18H,10-15H2,1-9H3,(H,25,26)(H,27,28)(H,29,30). The van der Waals surface area contributed by atoms with E-state index in [1.54, 1.807) is 20.8 Å². The lowest BCUT2D eigenvalue weighted by molar-refractivity contribution is -0.147. The van der Waals surface area contributed by atoms with E-state index in [-0.39, 0.29) is 29.3 Å². The second-order valence-corrected chi connectivity index (χ2v) is 11.7. The molecule has 3 atom stereocenters. The van der Waals surface area contributed by atoms with Crippen LogP contribution in [0.2, 0.25) is 0 Å². The van der Waals surface area contributed by atoms with Gasteiger partial charge >= 0.3 is 11.9 Å². The van der Waals surface area contributed by atoms with E-state index < -0.39 is 29.2 Å². The normalized spacial score (nSPS) is 15.8. The van der Waals surface area contributed by atoms with Crippen LogP contribution < -0.4 is 5.32 Å². The quantitative estimate of drug-likeness (QED) is 0.359. The number of amides is 1. The molecular weight excluding hydrogens is 398 g/mol. The van der Waals surface area contributed by atoms with Crippen LogP contribution >= 0.6 is 0 Å². The molecular formula is C24H45NO6. The molecule has 3 N–H and O–H groups in total. The van der Waals surface area contributed by atoms with Gasteiger partial charge in [0.2, 0.25) is 5.91 Å². The Kier molecular flexibility index (Phi) is 11.2. The van der Waals surface area contributed by atoms with Crippen LogP contribution in [0, 0.1) is 28.1 Å². The second kappa shape index (κ2) is 11.8. The summed E-state index contributed by atoms with van der Waals surface area (Å²) in [6.45, 7) is 18.3. The van der Waals surface area contributed by atoms with Gasteiger partial charge in [-0.05, 0) is 35.5 Å². The summed E-state index contributed by atoms with van der Waals surface area (Å²) < 4.78 is 6.06. The van der Waals surface area contributed by atoms with E-state index in [1.165, 1.54) is 0 Å². The Balaban J connectivity index is 4.64. The zero-order chi connectivity index (χ0) is 24.6. The van der Waals surface area contributed by atoms with Gasteiger partial charge in [0.25, 0.3) is 0 Å². The number of rotatable bonds is 13. The molecule has 0 aliphatic carbocycles. The van der Waals surface area contributed by atoms with Crippen molar-refractivity contribution in [1.82, 2.24) is 5.32 Å². The molecule has 0 rings (SSSR count). The zero-order valence-corrected chi connectivity index (χ0v) is 21.0. The van der Waals surface area contributed by atoms with Gasteiger partial charge in [0.05, 0.1) is 17.9 Å². The van der Waals surface area contributed by atoms with Crippen molar-refractivity contribution in [3.05, 3.63) is 0 Å². The number of aliphatic carboxylic acids is 2. The second-order valence-electron chi connectivity index (χ2n) is 11.7. The molecule has 0 spiro atoms. The largest absolute Gasteiger partial charge is 0.481 e. The number of hydrogen-bond donors (Lipinski definition) is 3. The molecule has 0 aromatic rings. The number of ether oxygens (including phenoxy) is 1. The van der Waals surface area contributed by atoms with E-state index in [2.05, 4.69) is 5.32 Å². The van der Waals surface area contributed by atoms with Crippen LogP contribution in [0.15, 0.2) is 0 Å². The van der Waals surface area contributed by atoms with Crippen molar-refractivity contribution >= 4 is 17.8 Å². The highest BCUT2D eigenvalue weighted by atomic mass is 16.5. The van der Waals surface area contributed by atoms with Crippen LogP contribution in [0.4, 0.5) is 0 Å². The number of carboxylic acid groups (broad SMARTS) is 2. The van der Waals surface area contributed by atoms with E-state index in [4.69, 9.17) is 9.84 Å². The highest BCUT2D eigenvalue weighted by Gasteiger charge is 2.34. The molecule has 0 bridgehead atoms. The number of nitrogens with one attached hydrogen (secondary N) is 1. The molecule has 7 nitrogen and oxygen atoms in total. The topological polar surface area (TPSA) is 113 Å². The van der Waals surface area contributed by atoms with Gasteiger partial charge in [0, 0.05) is 19.6 Å². The van der Waals surface area contributed by atoms with Crippen molar-refractivity contribution in [3.8, 4) is 0 Å². The minimum atomic E-state index is -0.912. The first-order chi connectivity index (χ1) is 13.9. The van der Waals surface area contributed by atoms with Crippen molar-refractivity contribution in [3.63, 3.8) is 0 Å². The molecule has 0 aliphatic heterocycles. The van der Waals surface area contributed by atoms with Gasteiger partial charge in [-0.3, -0.25) is 14.4 Å². The van der Waals surface area contributed by atoms with Gasteiger partial charge in [-0.15, -0.1) is 0 Å². The number of carboxylic acids is 2. The van der Waals surface area contributed by atoms with Crippen molar-refractivity contribution in [2.24, 2.45) is 28.1 Å². The van der Waals surface area contributed by atoms with Gasteiger partial charge in [0.1, 0.15) is 0 Å². The summed E-state index contributed by atoms with van der Waals surface area (Å²) in [4.78, 5) is 35.1. The minimum absolute atomic E-state index is 0.0817. The first-order valence-corrected chi connectivity index (χ1v) is 11.2. The van der Waals surface area contributed by atoms with Gasteiger partial charge in [-0.1, -0.05) is 62.3 Å². The van der Waals surface area contributed by atoms with Crippen LogP contribution in [0.3, 0.4) is 0 Å². The minimum Gasteiger partial charge on any atom is -0.481 e. The van der Waals surface area contributed by atoms with E-state index in [9.17, 15) is 19.5 Å². The Bertz CT molecular complexity index is 600. The maximum atomic E-state index is 12.2. The highest BCUT2D eigenvalue weighted by molar-refractivity contribution is 5.78. The Hall–Kier alpha value is -1.63. The summed E-state index contributed by atoms with van der Waals surface area (Å²) in [5.74, 6) is -2.97. The Morgan fingerprint density at radius 3 is 1.90 bits per heavy atom. The third-order valence-electron chi connectivity index (χ3n) is 5.79. The highest BCUT2D eigenvalue weighted by Crippen LogP contribution is 2.33. The molecule has 0 aromatic heterocycles. The number of carbonyl (C=O) groups is 3. The molecule has 1 amide bonds. The van der Waals surface area contributed by atoms with E-state index in [0.29, 0.717) is 32.4 Å². The molecule has 0 saturated carbocycles. The molecule has 31 heavy (non-hydrogen) atoms. The monoisotopic (exact) mass is 443 g/mol. The van der Waals surface area contributed by atoms with Crippen LogP contribution in [0.1, 0.15) is 88.0 Å². The van der Waals surface area contributed by atoms with Crippen molar-refractivity contribution in [2.45, 2.75) is 94.1 Å². The summed E-state index contributed by atoms with van der Waals surface area (Å²) in [7, 11) is 0. The first kappa shape index (κ1) is 29.4. The van der Waals surface area contributed by atoms with Gasteiger partial charge < -0.3 is 20.3 Å². The van der Waals surface area contributed by atoms with Crippen LogP contribution in [0.25, 0.3) is 0 Å². The Morgan fingerprint density at radius 2 is 1.48 bits per heavy atom. The summed E-state index contributed by atoms with van der Waals surface area (Å²) in [6, 6.07) is 0. The third-order valence-corrected chi connectivity index (χ3v) is 5.79. The molecule has 0 saturated heterocycles. The average molecular weight is 444 g/mol. The molecule has 0 aromatic carbocycles. The van der Waals surface area contributed by atoms with Gasteiger partial charge in [-0.2, -0.15) is 0 Å². The lowest BCUT2D eigenvalue weighted by Crippen LogP contribution is -2.37. The Labute approximate surface area is 188 Å². The van der Waals surface area contributed by atoms with Gasteiger partial charge in [0.15, 0.2) is 0 Å². The fourth-order valence-corrected chi connectivity index (χ4v) is 3.43. The predicted octanol–water partition coefficient (Wildman–Crippen LogP) is 4.59. The lowest BCUT2D eigenvalue weighted by Gasteiger charge is -2.34. The smallest absolute Gasteiger partial charge is 0.306 e. The molecule has 0 fully saturated rings. The molecule has 182 valence electrons. The first-order valence-electron chi connectivity index (χ1n) is 11.2. The van der Waals surface area contributed by atoms with Gasteiger partial charge in [-0.25, -0.2) is 0 Å². The summed E-state index contributed by atoms with van der Waals surface area (Å²) in [5.41, 5.74) is -0.920. The molecule has 3 unspecified atom stereocenters. The maximum Gasteiger partial charge on any atom is 0.306 e. The lowest BCUT2D eigenvalue weighted by atomic mass is 9.77. The zero-order valence-electron chi connectivity index (χ0n) is 21.0. The third kappa shape index (κ3) is 12.1. The average Bonchev–Trinajstić information content (AvgIpc) is 2.55. The summed E-state index contributed by atoms with van der Waals surface area (Å²) in [6.07, 6.45) is 1.56. The molecule has 7 heteroatoms. The summed E-state index contributed by atoms with van der Waals surface area (Å²) in [5, 5.41) is 21.6. The Morgan fingerprint density at radius 1 is 0.935 bits per heavy atom. The molecule has 0 radical (unpaired) electrons. The maximum absolute atomic E-state index is 12.2. The molecule has 0 aliphatic rings. The predicted molar refractivity (Wildman–Crippen MR) is 122 cm³/mol. The fourth-order valence-electron chi connectivity index (χ4n) is 3.43. The van der Waals surface area contributed by atoms with Crippen molar-refractivity contribution < 1.29 is 29.3 Å². The van der Waals surface area contributed by atoms with Crippen LogP contribution in [-0.2, 0) is 19.1 Å². The van der Waals surface area contributed by atoms with E-state index in [1.807, 2.05) is 41.5 Å². The van der Waals surface area contributed by atoms with E-state index >= 15 is 0 Å². The molecule has 0 heterocycles. The number of hydrogen-bond acceptors (Lipinski definition) is 4. The van der Waals surface area contributed by atoms with Crippen molar-refractivity contribution in [2.75, 3.05) is 13.2 Å². The SMILES string of the molecule is CC(C(=O)O)C(C)(C)CC(=O)NCCCOC(CC(CC(C)(C)C)C(=O)O)C(C)(C)C. The fraction of sp³-hybridized carbons (Fsp3) is 0.875. The van der Waals surface area contributed by atoms with Crippen LogP contribution in [-0.4, -0.2) is 47.3 Å². The van der Waals surface area contributed by atoms with Crippen molar-refractivity contribution in [1.29, 1.82) is 0 Å². The summed E-state index contributed by atoms with van der Waals surface area (Å²) >= 11 is 0. The van der Waals surface area contributed by atoms with E-state index in [0.717, 1.165) is 0 Å².